The van der Waals surface area contributed by atoms with Crippen molar-refractivity contribution >= 4 is 22.5 Å². The topological polar surface area (TPSA) is 78.6 Å². The average molecular weight is 415 g/mol. The second-order valence-corrected chi connectivity index (χ2v) is 7.18. The van der Waals surface area contributed by atoms with Gasteiger partial charge in [0.1, 0.15) is 18.1 Å². The summed E-state index contributed by atoms with van der Waals surface area (Å²) in [6.07, 6.45) is 0. The number of rotatable bonds is 7. The van der Waals surface area contributed by atoms with Crippen molar-refractivity contribution in [3.05, 3.63) is 94.9 Å². The normalized spacial score (nSPS) is 10.8. The molecule has 0 aliphatic rings. The van der Waals surface area contributed by atoms with Crippen LogP contribution in [0.15, 0.2) is 71.3 Å². The van der Waals surface area contributed by atoms with Gasteiger partial charge in [0.25, 0.3) is 0 Å². The first kappa shape index (κ1) is 20.3. The number of aromatic nitrogens is 1. The Morgan fingerprint density at radius 3 is 2.32 bits per heavy atom. The van der Waals surface area contributed by atoms with Crippen LogP contribution < -0.4 is 4.74 Å². The molecule has 0 aliphatic heterocycles. The Bertz CT molecular complexity index is 1220. The van der Waals surface area contributed by atoms with Gasteiger partial charge in [0.15, 0.2) is 12.4 Å². The molecule has 0 saturated heterocycles. The van der Waals surface area contributed by atoms with Gasteiger partial charge in [-0.1, -0.05) is 41.6 Å². The fourth-order valence-corrected chi connectivity index (χ4v) is 3.21. The first-order valence-corrected chi connectivity index (χ1v) is 9.85. The number of carbonyl (C=O) groups excluding carboxylic acids is 2. The number of hydrogen-bond donors (Lipinski definition) is 0. The van der Waals surface area contributed by atoms with Gasteiger partial charge in [0.2, 0.25) is 0 Å². The first-order chi connectivity index (χ1) is 15.0. The van der Waals surface area contributed by atoms with E-state index in [4.69, 9.17) is 14.0 Å². The molecule has 3 aromatic carbocycles. The average Bonchev–Trinajstić information content (AvgIpc) is 3.12. The van der Waals surface area contributed by atoms with Gasteiger partial charge in [0.05, 0.1) is 16.8 Å². The quantitative estimate of drug-likeness (QED) is 0.310. The molecule has 4 rings (SSSR count). The van der Waals surface area contributed by atoms with E-state index < -0.39 is 5.97 Å². The van der Waals surface area contributed by atoms with Gasteiger partial charge in [-0.05, 0) is 55.0 Å². The second kappa shape index (κ2) is 8.83. The minimum Gasteiger partial charge on any atom is -0.489 e. The molecule has 0 unspecified atom stereocenters. The van der Waals surface area contributed by atoms with E-state index in [1.165, 1.54) is 0 Å². The van der Waals surface area contributed by atoms with Crippen LogP contribution in [-0.4, -0.2) is 23.5 Å². The molecule has 0 N–H and O–H groups in total. The molecule has 0 bridgehead atoms. The number of ether oxygens (including phenoxy) is 2. The third-order valence-corrected chi connectivity index (χ3v) is 5.06. The number of carbonyl (C=O) groups is 2. The summed E-state index contributed by atoms with van der Waals surface area (Å²) in [5.41, 5.74) is 2.54. The van der Waals surface area contributed by atoms with Crippen molar-refractivity contribution < 1.29 is 23.6 Å². The monoisotopic (exact) mass is 415 g/mol. The summed E-state index contributed by atoms with van der Waals surface area (Å²) in [5.74, 6) is 0.502. The molecule has 156 valence electrons. The standard InChI is InChI=1S/C25H21NO5/c1-16-23(17(2)31-26-16)14-29-22-11-9-19(10-12-22)25(28)30-15-24(27)21-8-7-18-5-3-4-6-20(18)13-21/h3-13H,14-15H2,1-2H3. The highest BCUT2D eigenvalue weighted by Gasteiger charge is 2.13. The highest BCUT2D eigenvalue weighted by Crippen LogP contribution is 2.19. The lowest BCUT2D eigenvalue weighted by atomic mass is 10.0. The van der Waals surface area contributed by atoms with Crippen LogP contribution in [0.3, 0.4) is 0 Å². The molecule has 4 aromatic rings. The van der Waals surface area contributed by atoms with Gasteiger partial charge < -0.3 is 14.0 Å². The van der Waals surface area contributed by atoms with E-state index in [1.54, 1.807) is 36.4 Å². The lowest BCUT2D eigenvalue weighted by Gasteiger charge is -2.08. The molecule has 6 heteroatoms. The fraction of sp³-hybridized carbons (Fsp3) is 0.160. The highest BCUT2D eigenvalue weighted by molar-refractivity contribution is 6.02. The molecule has 1 heterocycles. The summed E-state index contributed by atoms with van der Waals surface area (Å²) in [6.45, 7) is 3.69. The van der Waals surface area contributed by atoms with Crippen molar-refractivity contribution in [2.45, 2.75) is 20.5 Å². The number of ketones is 1. The van der Waals surface area contributed by atoms with Gasteiger partial charge >= 0.3 is 5.97 Å². The molecule has 0 radical (unpaired) electrons. The lowest BCUT2D eigenvalue weighted by molar-refractivity contribution is 0.0474. The maximum Gasteiger partial charge on any atom is 0.338 e. The van der Waals surface area contributed by atoms with Crippen LogP contribution in [0.4, 0.5) is 0 Å². The highest BCUT2D eigenvalue weighted by atomic mass is 16.5. The maximum atomic E-state index is 12.4. The summed E-state index contributed by atoms with van der Waals surface area (Å²) < 4.78 is 16.0. The molecular weight excluding hydrogens is 394 g/mol. The van der Waals surface area contributed by atoms with E-state index in [2.05, 4.69) is 5.16 Å². The molecule has 31 heavy (non-hydrogen) atoms. The Balaban J connectivity index is 1.33. The van der Waals surface area contributed by atoms with Crippen molar-refractivity contribution in [2.24, 2.45) is 0 Å². The SMILES string of the molecule is Cc1noc(C)c1COc1ccc(C(=O)OCC(=O)c2ccc3ccccc3c2)cc1. The zero-order valence-electron chi connectivity index (χ0n) is 17.3. The van der Waals surface area contributed by atoms with Crippen LogP contribution in [0.2, 0.25) is 0 Å². The summed E-state index contributed by atoms with van der Waals surface area (Å²) in [7, 11) is 0. The van der Waals surface area contributed by atoms with E-state index in [1.807, 2.05) is 44.2 Å². The molecule has 1 aromatic heterocycles. The Morgan fingerprint density at radius 2 is 1.61 bits per heavy atom. The summed E-state index contributed by atoms with van der Waals surface area (Å²) in [6, 6.07) is 19.8. The number of aryl methyl sites for hydroxylation is 2. The fourth-order valence-electron chi connectivity index (χ4n) is 3.21. The van der Waals surface area contributed by atoms with E-state index in [0.29, 0.717) is 29.2 Å². The van der Waals surface area contributed by atoms with E-state index >= 15 is 0 Å². The third-order valence-electron chi connectivity index (χ3n) is 5.06. The van der Waals surface area contributed by atoms with Gasteiger partial charge in [-0.25, -0.2) is 4.79 Å². The van der Waals surface area contributed by atoms with Crippen molar-refractivity contribution in [3.8, 4) is 5.75 Å². The summed E-state index contributed by atoms with van der Waals surface area (Å²) in [5, 5.41) is 5.91. The van der Waals surface area contributed by atoms with Crippen molar-refractivity contribution in [3.63, 3.8) is 0 Å². The number of fused-ring (bicyclic) bond motifs is 1. The second-order valence-electron chi connectivity index (χ2n) is 7.18. The molecule has 0 atom stereocenters. The van der Waals surface area contributed by atoms with Crippen LogP contribution in [0.25, 0.3) is 10.8 Å². The predicted octanol–water partition coefficient (Wildman–Crippen LogP) is 5.06. The van der Waals surface area contributed by atoms with Crippen molar-refractivity contribution in [1.29, 1.82) is 0 Å². The Hall–Kier alpha value is -3.93. The molecular formula is C25H21NO5. The number of hydrogen-bond acceptors (Lipinski definition) is 6. The number of Topliss-reactive ketones (excluding diaryl/α,β-unsaturated/α-hetero) is 1. The van der Waals surface area contributed by atoms with Crippen LogP contribution in [0.1, 0.15) is 37.7 Å². The predicted molar refractivity (Wildman–Crippen MR) is 115 cm³/mol. The largest absolute Gasteiger partial charge is 0.489 e. The van der Waals surface area contributed by atoms with E-state index in [0.717, 1.165) is 22.0 Å². The van der Waals surface area contributed by atoms with Gasteiger partial charge in [-0.3, -0.25) is 4.79 Å². The first-order valence-electron chi connectivity index (χ1n) is 9.85. The lowest BCUT2D eigenvalue weighted by Crippen LogP contribution is -2.14. The number of benzene rings is 3. The Kier molecular flexibility index (Phi) is 5.80. The molecule has 0 saturated carbocycles. The summed E-state index contributed by atoms with van der Waals surface area (Å²) in [4.78, 5) is 24.7. The van der Waals surface area contributed by atoms with Crippen LogP contribution >= 0.6 is 0 Å². The number of nitrogens with zero attached hydrogens (tertiary/aromatic N) is 1. The van der Waals surface area contributed by atoms with Gasteiger partial charge in [-0.2, -0.15) is 0 Å². The zero-order chi connectivity index (χ0) is 21.8. The van der Waals surface area contributed by atoms with Crippen LogP contribution in [0, 0.1) is 13.8 Å². The molecule has 0 fully saturated rings. The van der Waals surface area contributed by atoms with Gasteiger partial charge in [-0.15, -0.1) is 0 Å². The smallest absolute Gasteiger partial charge is 0.338 e. The minimum absolute atomic E-state index is 0.251. The van der Waals surface area contributed by atoms with Crippen LogP contribution in [-0.2, 0) is 11.3 Å². The number of esters is 1. The molecule has 0 aliphatic carbocycles. The summed E-state index contributed by atoms with van der Waals surface area (Å²) >= 11 is 0. The molecule has 6 nitrogen and oxygen atoms in total. The maximum absolute atomic E-state index is 12.4. The van der Waals surface area contributed by atoms with E-state index in [-0.39, 0.29) is 12.4 Å². The minimum atomic E-state index is -0.564. The van der Waals surface area contributed by atoms with E-state index in [9.17, 15) is 9.59 Å². The van der Waals surface area contributed by atoms with Crippen LogP contribution in [0.5, 0.6) is 5.75 Å². The van der Waals surface area contributed by atoms with Gasteiger partial charge in [0, 0.05) is 5.56 Å². The third kappa shape index (κ3) is 4.64. The molecule has 0 amide bonds. The van der Waals surface area contributed by atoms with Crippen molar-refractivity contribution in [2.75, 3.05) is 6.61 Å². The Morgan fingerprint density at radius 1 is 0.903 bits per heavy atom. The zero-order valence-corrected chi connectivity index (χ0v) is 17.3. The van der Waals surface area contributed by atoms with Crippen molar-refractivity contribution in [1.82, 2.24) is 5.16 Å². The Labute approximate surface area is 179 Å². The molecule has 0 spiro atoms.